The van der Waals surface area contributed by atoms with E-state index in [1.165, 1.54) is 12.3 Å². The van der Waals surface area contributed by atoms with Gasteiger partial charge in [0.05, 0.1) is 17.0 Å². The van der Waals surface area contributed by atoms with Crippen molar-refractivity contribution in [1.29, 1.82) is 0 Å². The lowest BCUT2D eigenvalue weighted by molar-refractivity contribution is -0.385. The van der Waals surface area contributed by atoms with E-state index >= 15 is 0 Å². The third kappa shape index (κ3) is 2.29. The van der Waals surface area contributed by atoms with E-state index in [9.17, 15) is 10.1 Å². The maximum absolute atomic E-state index is 10.8. The van der Waals surface area contributed by atoms with Crippen LogP contribution in [0.5, 0.6) is 0 Å². The van der Waals surface area contributed by atoms with Crippen molar-refractivity contribution >= 4 is 17.3 Å². The zero-order chi connectivity index (χ0) is 12.4. The predicted molar refractivity (Wildman–Crippen MR) is 62.9 cm³/mol. The summed E-state index contributed by atoms with van der Waals surface area (Å²) in [6.07, 6.45) is 1.51. The van der Waals surface area contributed by atoms with Gasteiger partial charge in [-0.25, -0.2) is 4.98 Å². The summed E-state index contributed by atoms with van der Waals surface area (Å²) in [4.78, 5) is 14.3. The maximum Gasteiger partial charge on any atom is 0.273 e. The molecule has 0 fully saturated rings. The Kier molecular flexibility index (Phi) is 3.10. The standard InChI is InChI=1S/C11H9ClN2O3/c1-7-2-3-8(4-9(7)14(15)16)10-6-13-11(5-12)17-10/h2-4,6H,5H2,1H3. The Labute approximate surface area is 102 Å². The summed E-state index contributed by atoms with van der Waals surface area (Å²) in [7, 11) is 0. The number of nitro benzene ring substituents is 1. The summed E-state index contributed by atoms with van der Waals surface area (Å²) in [5, 5.41) is 10.8. The molecule has 0 spiro atoms. The molecule has 1 heterocycles. The number of halogens is 1. The number of hydrogen-bond acceptors (Lipinski definition) is 4. The van der Waals surface area contributed by atoms with Crippen molar-refractivity contribution in [1.82, 2.24) is 4.98 Å². The fourth-order valence-electron chi connectivity index (χ4n) is 1.46. The van der Waals surface area contributed by atoms with Crippen LogP contribution in [0, 0.1) is 17.0 Å². The molecule has 0 aliphatic heterocycles. The first-order valence-electron chi connectivity index (χ1n) is 4.88. The van der Waals surface area contributed by atoms with Crippen molar-refractivity contribution in [2.24, 2.45) is 0 Å². The fraction of sp³-hybridized carbons (Fsp3) is 0.182. The van der Waals surface area contributed by atoms with Crippen LogP contribution in [0.1, 0.15) is 11.5 Å². The van der Waals surface area contributed by atoms with E-state index in [2.05, 4.69) is 4.98 Å². The minimum atomic E-state index is -0.419. The van der Waals surface area contributed by atoms with Crippen LogP contribution in [-0.4, -0.2) is 9.91 Å². The molecule has 0 aliphatic carbocycles. The Morgan fingerprint density at radius 1 is 1.53 bits per heavy atom. The normalized spacial score (nSPS) is 10.5. The molecular weight excluding hydrogens is 244 g/mol. The molecule has 0 amide bonds. The summed E-state index contributed by atoms with van der Waals surface area (Å²) in [5.41, 5.74) is 1.29. The lowest BCUT2D eigenvalue weighted by Gasteiger charge is -1.99. The summed E-state index contributed by atoms with van der Waals surface area (Å²) in [6.45, 7) is 1.69. The molecule has 6 heteroatoms. The molecule has 0 bridgehead atoms. The van der Waals surface area contributed by atoms with Crippen LogP contribution in [0.2, 0.25) is 0 Å². The quantitative estimate of drug-likeness (QED) is 0.477. The van der Waals surface area contributed by atoms with E-state index in [-0.39, 0.29) is 11.6 Å². The van der Waals surface area contributed by atoms with Crippen LogP contribution in [-0.2, 0) is 5.88 Å². The van der Waals surface area contributed by atoms with Gasteiger partial charge in [0.1, 0.15) is 0 Å². The monoisotopic (exact) mass is 252 g/mol. The SMILES string of the molecule is Cc1ccc(-c2cnc(CCl)o2)cc1[N+](=O)[O-]. The Morgan fingerprint density at radius 2 is 2.29 bits per heavy atom. The highest BCUT2D eigenvalue weighted by Gasteiger charge is 2.14. The predicted octanol–water partition coefficient (Wildman–Crippen LogP) is 3.30. The molecule has 0 radical (unpaired) electrons. The Bertz CT molecular complexity index is 566. The van der Waals surface area contributed by atoms with Crippen molar-refractivity contribution in [3.05, 3.63) is 46.0 Å². The van der Waals surface area contributed by atoms with Gasteiger partial charge in [-0.05, 0) is 6.92 Å². The number of aromatic nitrogens is 1. The molecular formula is C11H9ClN2O3. The van der Waals surface area contributed by atoms with Crippen molar-refractivity contribution in [2.75, 3.05) is 0 Å². The zero-order valence-corrected chi connectivity index (χ0v) is 9.77. The second-order valence-electron chi connectivity index (χ2n) is 3.51. The first-order chi connectivity index (χ1) is 8.11. The van der Waals surface area contributed by atoms with Gasteiger partial charge in [0.2, 0.25) is 5.89 Å². The number of benzene rings is 1. The van der Waals surface area contributed by atoms with Gasteiger partial charge >= 0.3 is 0 Å². The molecule has 0 saturated heterocycles. The van der Waals surface area contributed by atoms with Gasteiger partial charge in [0.15, 0.2) is 5.76 Å². The van der Waals surface area contributed by atoms with E-state index in [1.54, 1.807) is 19.1 Å². The largest absolute Gasteiger partial charge is 0.439 e. The molecule has 88 valence electrons. The maximum atomic E-state index is 10.8. The van der Waals surface area contributed by atoms with Crippen LogP contribution in [0.3, 0.4) is 0 Å². The van der Waals surface area contributed by atoms with Gasteiger partial charge in [-0.1, -0.05) is 12.1 Å². The highest BCUT2D eigenvalue weighted by molar-refractivity contribution is 6.16. The van der Waals surface area contributed by atoms with Gasteiger partial charge < -0.3 is 4.42 Å². The number of aryl methyl sites for hydroxylation is 1. The molecule has 5 nitrogen and oxygen atoms in total. The molecule has 0 saturated carbocycles. The third-order valence-electron chi connectivity index (χ3n) is 2.36. The second kappa shape index (κ2) is 4.55. The lowest BCUT2D eigenvalue weighted by Crippen LogP contribution is -1.91. The highest BCUT2D eigenvalue weighted by Crippen LogP contribution is 2.27. The molecule has 0 aliphatic rings. The fourth-order valence-corrected chi connectivity index (χ4v) is 1.59. The van der Waals surface area contributed by atoms with Gasteiger partial charge in [-0.3, -0.25) is 10.1 Å². The van der Waals surface area contributed by atoms with Crippen molar-refractivity contribution in [3.8, 4) is 11.3 Å². The third-order valence-corrected chi connectivity index (χ3v) is 2.59. The minimum absolute atomic E-state index is 0.0614. The molecule has 2 rings (SSSR count). The van der Waals surface area contributed by atoms with E-state index < -0.39 is 4.92 Å². The van der Waals surface area contributed by atoms with Crippen LogP contribution < -0.4 is 0 Å². The molecule has 0 atom stereocenters. The van der Waals surface area contributed by atoms with E-state index in [0.29, 0.717) is 22.8 Å². The number of alkyl halides is 1. The number of hydrogen-bond donors (Lipinski definition) is 0. The first-order valence-corrected chi connectivity index (χ1v) is 5.41. The van der Waals surface area contributed by atoms with Crippen LogP contribution in [0.15, 0.2) is 28.8 Å². The minimum Gasteiger partial charge on any atom is -0.439 e. The van der Waals surface area contributed by atoms with Crippen molar-refractivity contribution < 1.29 is 9.34 Å². The summed E-state index contributed by atoms with van der Waals surface area (Å²) >= 11 is 5.57. The molecule has 1 aromatic carbocycles. The average Bonchev–Trinajstić information content (AvgIpc) is 2.78. The van der Waals surface area contributed by atoms with E-state index in [4.69, 9.17) is 16.0 Å². The zero-order valence-electron chi connectivity index (χ0n) is 9.01. The highest BCUT2D eigenvalue weighted by atomic mass is 35.5. The molecule has 2 aromatic rings. The first kappa shape index (κ1) is 11.6. The van der Waals surface area contributed by atoms with E-state index in [0.717, 1.165) is 0 Å². The van der Waals surface area contributed by atoms with Crippen molar-refractivity contribution in [3.63, 3.8) is 0 Å². The molecule has 1 aromatic heterocycles. The Balaban J connectivity index is 2.46. The summed E-state index contributed by atoms with van der Waals surface area (Å²) in [5.74, 6) is 1.04. The smallest absolute Gasteiger partial charge is 0.273 e. The second-order valence-corrected chi connectivity index (χ2v) is 3.78. The van der Waals surface area contributed by atoms with Crippen LogP contribution in [0.25, 0.3) is 11.3 Å². The van der Waals surface area contributed by atoms with Crippen molar-refractivity contribution in [2.45, 2.75) is 12.8 Å². The van der Waals surface area contributed by atoms with Gasteiger partial charge in [0, 0.05) is 17.2 Å². The van der Waals surface area contributed by atoms with Crippen LogP contribution in [0.4, 0.5) is 5.69 Å². The Hall–Kier alpha value is -1.88. The summed E-state index contributed by atoms with van der Waals surface area (Å²) < 4.78 is 5.33. The van der Waals surface area contributed by atoms with Gasteiger partial charge in [0.25, 0.3) is 5.69 Å². The Morgan fingerprint density at radius 3 is 2.88 bits per heavy atom. The molecule has 0 unspecified atom stereocenters. The number of oxazole rings is 1. The topological polar surface area (TPSA) is 69.2 Å². The number of nitro groups is 1. The lowest BCUT2D eigenvalue weighted by atomic mass is 10.1. The number of nitrogens with zero attached hydrogens (tertiary/aromatic N) is 2. The van der Waals surface area contributed by atoms with E-state index in [1.807, 2.05) is 0 Å². The summed E-state index contributed by atoms with van der Waals surface area (Å²) in [6, 6.07) is 4.89. The molecule has 17 heavy (non-hydrogen) atoms. The van der Waals surface area contributed by atoms with Gasteiger partial charge in [-0.2, -0.15) is 0 Å². The van der Waals surface area contributed by atoms with Gasteiger partial charge in [-0.15, -0.1) is 11.6 Å². The molecule has 0 N–H and O–H groups in total. The number of rotatable bonds is 3. The average molecular weight is 253 g/mol. The van der Waals surface area contributed by atoms with Crippen LogP contribution >= 0.6 is 11.6 Å².